The third-order valence-electron chi connectivity index (χ3n) is 3.70. The Labute approximate surface area is 153 Å². The highest BCUT2D eigenvalue weighted by molar-refractivity contribution is 5.94. The minimum atomic E-state index is -1.57. The monoisotopic (exact) mass is 372 g/mol. The molecule has 3 rings (SSSR count). The molecule has 2 N–H and O–H groups in total. The van der Waals surface area contributed by atoms with Gasteiger partial charge in [0.2, 0.25) is 5.95 Å². The first-order chi connectivity index (χ1) is 12.8. The molecule has 0 bridgehead atoms. The van der Waals surface area contributed by atoms with Gasteiger partial charge in [-0.1, -0.05) is 0 Å². The standard InChI is InChI=1S/C19H15F3N4O/c1-10-9-16(24-13-5-3-12(4-6-13)11(2)27)26-19(23-10)25-15-8-7-14(20)17(21)18(15)22/h3-9H,1-2H3,(H2,23,24,25,26). The van der Waals surface area contributed by atoms with Crippen LogP contribution in [0, 0.1) is 24.4 Å². The number of hydrogen-bond donors (Lipinski definition) is 2. The number of carbonyl (C=O) groups excluding carboxylic acids is 1. The van der Waals surface area contributed by atoms with Crippen LogP contribution in [0.15, 0.2) is 42.5 Å². The number of carbonyl (C=O) groups is 1. The highest BCUT2D eigenvalue weighted by Crippen LogP contribution is 2.24. The van der Waals surface area contributed by atoms with Gasteiger partial charge in [-0.25, -0.2) is 18.2 Å². The first-order valence-corrected chi connectivity index (χ1v) is 7.97. The van der Waals surface area contributed by atoms with Crippen LogP contribution in [0.5, 0.6) is 0 Å². The molecule has 0 saturated heterocycles. The minimum absolute atomic E-state index is 0.0164. The van der Waals surface area contributed by atoms with Gasteiger partial charge in [-0.15, -0.1) is 0 Å². The maximum absolute atomic E-state index is 13.8. The number of ketones is 1. The Bertz CT molecular complexity index is 1010. The van der Waals surface area contributed by atoms with Gasteiger partial charge in [-0.3, -0.25) is 4.79 Å². The Morgan fingerprint density at radius 3 is 2.30 bits per heavy atom. The zero-order valence-corrected chi connectivity index (χ0v) is 14.5. The van der Waals surface area contributed by atoms with Crippen molar-refractivity contribution in [3.05, 3.63) is 71.2 Å². The molecule has 5 nitrogen and oxygen atoms in total. The van der Waals surface area contributed by atoms with Gasteiger partial charge >= 0.3 is 0 Å². The lowest BCUT2D eigenvalue weighted by atomic mass is 10.1. The van der Waals surface area contributed by atoms with Crippen molar-refractivity contribution in [1.82, 2.24) is 9.97 Å². The fourth-order valence-corrected chi connectivity index (χ4v) is 2.37. The third kappa shape index (κ3) is 4.22. The average molecular weight is 372 g/mol. The summed E-state index contributed by atoms with van der Waals surface area (Å²) < 4.78 is 40.2. The molecule has 0 unspecified atom stereocenters. The molecule has 27 heavy (non-hydrogen) atoms. The number of rotatable bonds is 5. The van der Waals surface area contributed by atoms with Crippen LogP contribution in [-0.2, 0) is 0 Å². The summed E-state index contributed by atoms with van der Waals surface area (Å²) in [7, 11) is 0. The maximum atomic E-state index is 13.8. The van der Waals surface area contributed by atoms with Gasteiger partial charge < -0.3 is 10.6 Å². The van der Waals surface area contributed by atoms with Crippen molar-refractivity contribution in [2.75, 3.05) is 10.6 Å². The maximum Gasteiger partial charge on any atom is 0.229 e. The lowest BCUT2D eigenvalue weighted by Gasteiger charge is -2.11. The van der Waals surface area contributed by atoms with E-state index in [0.717, 1.165) is 12.1 Å². The molecule has 138 valence electrons. The lowest BCUT2D eigenvalue weighted by Crippen LogP contribution is -2.05. The smallest absolute Gasteiger partial charge is 0.229 e. The number of benzene rings is 2. The van der Waals surface area contributed by atoms with Gasteiger partial charge in [-0.05, 0) is 50.2 Å². The SMILES string of the molecule is CC(=O)c1ccc(Nc2cc(C)nc(Nc3ccc(F)c(F)c3F)n2)cc1. The first kappa shape index (κ1) is 18.4. The van der Waals surface area contributed by atoms with Crippen molar-refractivity contribution in [3.63, 3.8) is 0 Å². The van der Waals surface area contributed by atoms with Gasteiger partial charge in [0.05, 0.1) is 5.69 Å². The Morgan fingerprint density at radius 1 is 0.926 bits per heavy atom. The molecule has 0 amide bonds. The van der Waals surface area contributed by atoms with Crippen molar-refractivity contribution in [2.45, 2.75) is 13.8 Å². The zero-order chi connectivity index (χ0) is 19.6. The van der Waals surface area contributed by atoms with Crippen LogP contribution < -0.4 is 10.6 Å². The normalized spacial score (nSPS) is 10.6. The number of aromatic nitrogens is 2. The largest absolute Gasteiger partial charge is 0.340 e. The summed E-state index contributed by atoms with van der Waals surface area (Å²) in [5, 5.41) is 5.58. The molecular formula is C19H15F3N4O. The molecule has 1 heterocycles. The van der Waals surface area contributed by atoms with Gasteiger partial charge in [0, 0.05) is 23.0 Å². The molecule has 8 heteroatoms. The van der Waals surface area contributed by atoms with Crippen molar-refractivity contribution < 1.29 is 18.0 Å². The number of anilines is 4. The highest BCUT2D eigenvalue weighted by Gasteiger charge is 2.14. The summed E-state index contributed by atoms with van der Waals surface area (Å²) >= 11 is 0. The molecule has 0 aliphatic carbocycles. The van der Waals surface area contributed by atoms with Crippen molar-refractivity contribution in [1.29, 1.82) is 0 Å². The van der Waals surface area contributed by atoms with E-state index in [1.807, 2.05) is 0 Å². The zero-order valence-electron chi connectivity index (χ0n) is 14.5. The predicted octanol–water partition coefficient (Wildman–Crippen LogP) is 4.89. The molecule has 2 aromatic carbocycles. The van der Waals surface area contributed by atoms with Gasteiger partial charge in [-0.2, -0.15) is 4.98 Å². The van der Waals surface area contributed by atoms with Crippen LogP contribution in [0.4, 0.5) is 36.3 Å². The number of Topliss-reactive ketones (excluding diaryl/α,β-unsaturated/α-hetero) is 1. The molecule has 0 radical (unpaired) electrons. The van der Waals surface area contributed by atoms with Gasteiger partial charge in [0.15, 0.2) is 23.2 Å². The van der Waals surface area contributed by atoms with Crippen LogP contribution in [-0.4, -0.2) is 15.8 Å². The summed E-state index contributed by atoms with van der Waals surface area (Å²) in [6.45, 7) is 3.18. The van der Waals surface area contributed by atoms with Crippen LogP contribution in [0.25, 0.3) is 0 Å². The van der Waals surface area contributed by atoms with Crippen LogP contribution in [0.3, 0.4) is 0 Å². The summed E-state index contributed by atoms with van der Waals surface area (Å²) in [5.74, 6) is -3.82. The van der Waals surface area contributed by atoms with Crippen LogP contribution >= 0.6 is 0 Å². The van der Waals surface area contributed by atoms with Gasteiger partial charge in [0.1, 0.15) is 5.82 Å². The molecule has 0 spiro atoms. The van der Waals surface area contributed by atoms with E-state index < -0.39 is 17.5 Å². The third-order valence-corrected chi connectivity index (χ3v) is 3.70. The second-order valence-electron chi connectivity index (χ2n) is 5.82. The van der Waals surface area contributed by atoms with Crippen molar-refractivity contribution in [3.8, 4) is 0 Å². The van der Waals surface area contributed by atoms with Crippen LogP contribution in [0.2, 0.25) is 0 Å². The van der Waals surface area contributed by atoms with E-state index in [0.29, 0.717) is 22.8 Å². The lowest BCUT2D eigenvalue weighted by molar-refractivity contribution is 0.101. The predicted molar refractivity (Wildman–Crippen MR) is 96.1 cm³/mol. The minimum Gasteiger partial charge on any atom is -0.340 e. The molecule has 0 atom stereocenters. The molecule has 0 fully saturated rings. The van der Waals surface area contributed by atoms with E-state index in [1.165, 1.54) is 6.92 Å². The summed E-state index contributed by atoms with van der Waals surface area (Å²) in [6.07, 6.45) is 0. The number of hydrogen-bond acceptors (Lipinski definition) is 5. The van der Waals surface area contributed by atoms with E-state index in [2.05, 4.69) is 20.6 Å². The first-order valence-electron chi connectivity index (χ1n) is 7.97. The number of nitrogens with zero attached hydrogens (tertiary/aromatic N) is 2. The van der Waals surface area contributed by atoms with Crippen molar-refractivity contribution >= 4 is 28.9 Å². The fraction of sp³-hybridized carbons (Fsp3) is 0.105. The second-order valence-corrected chi connectivity index (χ2v) is 5.82. The Kier molecular flexibility index (Phi) is 5.07. The Balaban J connectivity index is 1.84. The Morgan fingerprint density at radius 2 is 1.63 bits per heavy atom. The average Bonchev–Trinajstić information content (AvgIpc) is 2.62. The Hall–Kier alpha value is -3.42. The molecule has 0 aliphatic heterocycles. The molecule has 0 aliphatic rings. The summed E-state index contributed by atoms with van der Waals surface area (Å²) in [5.41, 5.74) is 1.55. The fourth-order valence-electron chi connectivity index (χ4n) is 2.37. The molecule has 3 aromatic rings. The quantitative estimate of drug-likeness (QED) is 0.493. The highest BCUT2D eigenvalue weighted by atomic mass is 19.2. The molecule has 0 saturated carbocycles. The summed E-state index contributed by atoms with van der Waals surface area (Å²) in [6, 6.07) is 10.3. The van der Waals surface area contributed by atoms with Gasteiger partial charge in [0.25, 0.3) is 0 Å². The summed E-state index contributed by atoms with van der Waals surface area (Å²) in [4.78, 5) is 19.6. The van der Waals surface area contributed by atoms with E-state index >= 15 is 0 Å². The second kappa shape index (κ2) is 7.45. The van der Waals surface area contributed by atoms with E-state index in [-0.39, 0.29) is 17.4 Å². The molecular weight excluding hydrogens is 357 g/mol. The van der Waals surface area contributed by atoms with E-state index in [4.69, 9.17) is 0 Å². The van der Waals surface area contributed by atoms with E-state index in [1.54, 1.807) is 37.3 Å². The number of aryl methyl sites for hydroxylation is 1. The topological polar surface area (TPSA) is 66.9 Å². The van der Waals surface area contributed by atoms with Crippen LogP contribution in [0.1, 0.15) is 23.0 Å². The molecule has 1 aromatic heterocycles. The number of nitrogens with one attached hydrogen (secondary N) is 2. The number of halogens is 3. The van der Waals surface area contributed by atoms with Crippen molar-refractivity contribution in [2.24, 2.45) is 0 Å². The van der Waals surface area contributed by atoms with E-state index in [9.17, 15) is 18.0 Å².